The molecule has 2 heterocycles. The molecule has 1 atom stereocenters. The molecule has 152 valence electrons. The van der Waals surface area contributed by atoms with Crippen LogP contribution in [0.3, 0.4) is 0 Å². The summed E-state index contributed by atoms with van der Waals surface area (Å²) >= 11 is 2.84. The normalized spacial score (nSPS) is 17.2. The van der Waals surface area contributed by atoms with E-state index in [4.69, 9.17) is 4.74 Å². The van der Waals surface area contributed by atoms with Crippen molar-refractivity contribution in [2.24, 2.45) is 0 Å². The molecule has 0 radical (unpaired) electrons. The molecule has 0 bridgehead atoms. The number of carbonyl (C=O) groups is 1. The molecule has 28 heavy (non-hydrogen) atoms. The molecule has 8 heteroatoms. The van der Waals surface area contributed by atoms with Gasteiger partial charge in [-0.3, -0.25) is 9.69 Å². The SMILES string of the molecule is CC(C)N(Cc1ccc(NC(=O)CSc2nncs2)cc1)C[C@H]1CCCCO1. The van der Waals surface area contributed by atoms with Gasteiger partial charge >= 0.3 is 0 Å². The molecule has 1 N–H and O–H groups in total. The summed E-state index contributed by atoms with van der Waals surface area (Å²) in [6.45, 7) is 7.21. The van der Waals surface area contributed by atoms with Crippen molar-refractivity contribution < 1.29 is 9.53 Å². The summed E-state index contributed by atoms with van der Waals surface area (Å²) in [5.74, 6) is 0.297. The van der Waals surface area contributed by atoms with Gasteiger partial charge in [0.1, 0.15) is 5.51 Å². The van der Waals surface area contributed by atoms with Gasteiger partial charge in [0, 0.05) is 31.4 Å². The van der Waals surface area contributed by atoms with Gasteiger partial charge in [-0.15, -0.1) is 10.2 Å². The molecule has 1 aromatic carbocycles. The molecule has 1 aromatic heterocycles. The molecule has 3 rings (SSSR count). The Morgan fingerprint density at radius 2 is 2.18 bits per heavy atom. The van der Waals surface area contributed by atoms with E-state index in [-0.39, 0.29) is 5.91 Å². The Hall–Kier alpha value is -1.48. The lowest BCUT2D eigenvalue weighted by Gasteiger charge is -2.32. The predicted molar refractivity (Wildman–Crippen MR) is 115 cm³/mol. The molecule has 1 aliphatic heterocycles. The fourth-order valence-corrected chi connectivity index (χ4v) is 4.44. The lowest BCUT2D eigenvalue weighted by molar-refractivity contribution is -0.113. The number of aromatic nitrogens is 2. The van der Waals surface area contributed by atoms with Gasteiger partial charge in [-0.1, -0.05) is 35.2 Å². The summed E-state index contributed by atoms with van der Waals surface area (Å²) in [5.41, 5.74) is 3.73. The number of hydrogen-bond acceptors (Lipinski definition) is 7. The van der Waals surface area contributed by atoms with Gasteiger partial charge < -0.3 is 10.1 Å². The largest absolute Gasteiger partial charge is 0.377 e. The Kier molecular flexibility index (Phi) is 8.27. The highest BCUT2D eigenvalue weighted by molar-refractivity contribution is 8.01. The van der Waals surface area contributed by atoms with Crippen LogP contribution < -0.4 is 5.32 Å². The fourth-order valence-electron chi connectivity index (χ4n) is 3.15. The maximum absolute atomic E-state index is 12.1. The fraction of sp³-hybridized carbons (Fsp3) is 0.550. The van der Waals surface area contributed by atoms with Crippen LogP contribution in [0.5, 0.6) is 0 Å². The Labute approximate surface area is 175 Å². The number of carbonyl (C=O) groups excluding carboxylic acids is 1. The second-order valence-electron chi connectivity index (χ2n) is 7.25. The second kappa shape index (κ2) is 10.9. The number of nitrogens with zero attached hydrogens (tertiary/aromatic N) is 3. The van der Waals surface area contributed by atoms with Gasteiger partial charge in [0.25, 0.3) is 0 Å². The molecule has 0 unspecified atom stereocenters. The van der Waals surface area contributed by atoms with Gasteiger partial charge in [0.15, 0.2) is 4.34 Å². The third-order valence-electron chi connectivity index (χ3n) is 4.73. The van der Waals surface area contributed by atoms with Gasteiger partial charge in [-0.05, 0) is 50.8 Å². The van der Waals surface area contributed by atoms with E-state index in [0.717, 1.165) is 36.1 Å². The lowest BCUT2D eigenvalue weighted by atomic mass is 10.1. The monoisotopic (exact) mass is 420 g/mol. The van der Waals surface area contributed by atoms with Crippen molar-refractivity contribution in [3.05, 3.63) is 35.3 Å². The minimum absolute atomic E-state index is 0.0359. The molecule has 0 aliphatic carbocycles. The van der Waals surface area contributed by atoms with Gasteiger partial charge in [0.05, 0.1) is 11.9 Å². The van der Waals surface area contributed by atoms with Crippen LogP contribution >= 0.6 is 23.1 Å². The molecule has 1 saturated heterocycles. The highest BCUT2D eigenvalue weighted by Gasteiger charge is 2.19. The summed E-state index contributed by atoms with van der Waals surface area (Å²) in [6.07, 6.45) is 3.95. The lowest BCUT2D eigenvalue weighted by Crippen LogP contribution is -2.39. The minimum Gasteiger partial charge on any atom is -0.377 e. The number of rotatable bonds is 9. The van der Waals surface area contributed by atoms with Crippen LogP contribution in [0.4, 0.5) is 5.69 Å². The molecule has 1 aliphatic rings. The zero-order valence-electron chi connectivity index (χ0n) is 16.5. The molecule has 0 saturated carbocycles. The smallest absolute Gasteiger partial charge is 0.234 e. The van der Waals surface area contributed by atoms with Crippen LogP contribution in [0.15, 0.2) is 34.1 Å². The zero-order valence-corrected chi connectivity index (χ0v) is 18.1. The van der Waals surface area contributed by atoms with E-state index in [2.05, 4.69) is 46.4 Å². The molecule has 1 fully saturated rings. The number of ether oxygens (including phenoxy) is 1. The van der Waals surface area contributed by atoms with E-state index in [1.165, 1.54) is 41.5 Å². The van der Waals surface area contributed by atoms with Crippen molar-refractivity contribution in [3.63, 3.8) is 0 Å². The van der Waals surface area contributed by atoms with Crippen molar-refractivity contribution in [1.29, 1.82) is 0 Å². The van der Waals surface area contributed by atoms with Crippen molar-refractivity contribution in [3.8, 4) is 0 Å². The first-order valence-electron chi connectivity index (χ1n) is 9.73. The van der Waals surface area contributed by atoms with Crippen LogP contribution in [-0.2, 0) is 16.1 Å². The van der Waals surface area contributed by atoms with Crippen LogP contribution in [0.25, 0.3) is 0 Å². The topological polar surface area (TPSA) is 67.4 Å². The van der Waals surface area contributed by atoms with Crippen molar-refractivity contribution in [2.75, 3.05) is 24.2 Å². The Balaban J connectivity index is 1.48. The van der Waals surface area contributed by atoms with E-state index in [9.17, 15) is 4.79 Å². The molecule has 6 nitrogen and oxygen atoms in total. The highest BCUT2D eigenvalue weighted by Crippen LogP contribution is 2.20. The summed E-state index contributed by atoms with van der Waals surface area (Å²) in [6, 6.07) is 8.58. The first-order chi connectivity index (χ1) is 13.6. The van der Waals surface area contributed by atoms with Crippen LogP contribution in [-0.4, -0.2) is 52.1 Å². The Bertz CT molecular complexity index is 716. The van der Waals surface area contributed by atoms with E-state index < -0.39 is 0 Å². The number of anilines is 1. The van der Waals surface area contributed by atoms with Gasteiger partial charge in [-0.25, -0.2) is 0 Å². The van der Waals surface area contributed by atoms with Crippen LogP contribution in [0, 0.1) is 0 Å². The predicted octanol–water partition coefficient (Wildman–Crippen LogP) is 4.05. The van der Waals surface area contributed by atoms with E-state index in [1.807, 2.05) is 12.1 Å². The van der Waals surface area contributed by atoms with Crippen molar-refractivity contribution >= 4 is 34.7 Å². The van der Waals surface area contributed by atoms with E-state index in [0.29, 0.717) is 17.9 Å². The van der Waals surface area contributed by atoms with E-state index >= 15 is 0 Å². The average Bonchev–Trinajstić information content (AvgIpc) is 3.22. The quantitative estimate of drug-likeness (QED) is 0.618. The Morgan fingerprint density at radius 3 is 2.82 bits per heavy atom. The number of amides is 1. The number of hydrogen-bond donors (Lipinski definition) is 1. The summed E-state index contributed by atoms with van der Waals surface area (Å²) in [5, 5.41) is 10.6. The van der Waals surface area contributed by atoms with Gasteiger partial charge in [-0.2, -0.15) is 0 Å². The summed E-state index contributed by atoms with van der Waals surface area (Å²) < 4.78 is 6.72. The second-order valence-corrected chi connectivity index (χ2v) is 9.31. The highest BCUT2D eigenvalue weighted by atomic mass is 32.2. The van der Waals surface area contributed by atoms with Crippen molar-refractivity contribution in [1.82, 2.24) is 15.1 Å². The van der Waals surface area contributed by atoms with Crippen LogP contribution in [0.1, 0.15) is 38.7 Å². The standard InChI is InChI=1S/C20H28N4O2S2/c1-15(2)24(12-18-5-3-4-10-26-18)11-16-6-8-17(9-7-16)22-19(25)13-27-20-23-21-14-28-20/h6-9,14-15,18H,3-5,10-13H2,1-2H3,(H,22,25)/t18-/m1/s1. The average molecular weight is 421 g/mol. The maximum Gasteiger partial charge on any atom is 0.234 e. The number of thioether (sulfide) groups is 1. The first-order valence-corrected chi connectivity index (χ1v) is 11.6. The molecule has 1 amide bonds. The number of nitrogens with one attached hydrogen (secondary N) is 1. The summed E-state index contributed by atoms with van der Waals surface area (Å²) in [4.78, 5) is 14.5. The third-order valence-corrected chi connectivity index (χ3v) is 6.59. The maximum atomic E-state index is 12.1. The zero-order chi connectivity index (χ0) is 19.8. The molecular weight excluding hydrogens is 392 g/mol. The molecule has 2 aromatic rings. The summed E-state index contributed by atoms with van der Waals surface area (Å²) in [7, 11) is 0. The molecular formula is C20H28N4O2S2. The van der Waals surface area contributed by atoms with Gasteiger partial charge in [0.2, 0.25) is 5.91 Å². The van der Waals surface area contributed by atoms with Crippen LogP contribution in [0.2, 0.25) is 0 Å². The van der Waals surface area contributed by atoms with Crippen molar-refractivity contribution in [2.45, 2.75) is 56.1 Å². The molecule has 0 spiro atoms. The van der Waals surface area contributed by atoms with E-state index in [1.54, 1.807) is 5.51 Å². The number of benzene rings is 1. The third kappa shape index (κ3) is 6.84. The minimum atomic E-state index is -0.0359. The Morgan fingerprint density at radius 1 is 1.36 bits per heavy atom. The first kappa shape index (κ1) is 21.2.